The minimum absolute atomic E-state index is 0.780. The summed E-state index contributed by atoms with van der Waals surface area (Å²) in [5.41, 5.74) is 2.98. The van der Waals surface area contributed by atoms with Gasteiger partial charge >= 0.3 is 0 Å². The van der Waals surface area contributed by atoms with Crippen LogP contribution in [0.4, 0.5) is 0 Å². The Morgan fingerprint density at radius 2 is 2.06 bits per heavy atom. The molecule has 0 amide bonds. The van der Waals surface area contributed by atoms with Gasteiger partial charge in [-0.2, -0.15) is 0 Å². The van der Waals surface area contributed by atoms with E-state index in [0.29, 0.717) is 0 Å². The smallest absolute Gasteiger partial charge is 0.167 e. The van der Waals surface area contributed by atoms with Crippen LogP contribution in [0.5, 0.6) is 0 Å². The van der Waals surface area contributed by atoms with Crippen molar-refractivity contribution in [1.82, 2.24) is 5.16 Å². The lowest BCUT2D eigenvalue weighted by Gasteiger charge is -2.00. The SMILES string of the molecule is CSc1ccc(Cc2noc3ccc[c]c23)cc1. The van der Waals surface area contributed by atoms with Gasteiger partial charge in [-0.1, -0.05) is 29.4 Å². The summed E-state index contributed by atoms with van der Waals surface area (Å²) in [5, 5.41) is 5.10. The van der Waals surface area contributed by atoms with Crippen LogP contribution >= 0.6 is 11.8 Å². The van der Waals surface area contributed by atoms with Crippen LogP contribution in [0, 0.1) is 6.07 Å². The van der Waals surface area contributed by atoms with Crippen molar-refractivity contribution in [3.8, 4) is 0 Å². The topological polar surface area (TPSA) is 26.0 Å². The number of nitrogens with zero attached hydrogens (tertiary/aromatic N) is 1. The minimum Gasteiger partial charge on any atom is -0.356 e. The molecule has 0 atom stereocenters. The summed E-state index contributed by atoms with van der Waals surface area (Å²) in [5.74, 6) is 0. The van der Waals surface area contributed by atoms with Gasteiger partial charge in [0.1, 0.15) is 0 Å². The van der Waals surface area contributed by atoms with Crippen LogP contribution in [0.1, 0.15) is 11.3 Å². The molecule has 0 bridgehead atoms. The fourth-order valence-corrected chi connectivity index (χ4v) is 2.34. The van der Waals surface area contributed by atoms with Gasteiger partial charge < -0.3 is 4.52 Å². The highest BCUT2D eigenvalue weighted by Crippen LogP contribution is 2.21. The number of aromatic nitrogens is 1. The summed E-state index contributed by atoms with van der Waals surface area (Å²) in [6, 6.07) is 17.4. The first kappa shape index (κ1) is 11.4. The van der Waals surface area contributed by atoms with Gasteiger partial charge in [0.25, 0.3) is 0 Å². The minimum atomic E-state index is 0.780. The molecule has 0 fully saturated rings. The summed E-state index contributed by atoms with van der Waals surface area (Å²) in [7, 11) is 0. The van der Waals surface area contributed by atoms with Crippen LogP contribution in [0.2, 0.25) is 0 Å². The van der Waals surface area contributed by atoms with E-state index in [9.17, 15) is 0 Å². The molecule has 0 aliphatic rings. The zero-order valence-corrected chi connectivity index (χ0v) is 10.8. The molecule has 0 saturated heterocycles. The Hall–Kier alpha value is -1.74. The molecule has 0 saturated carbocycles. The van der Waals surface area contributed by atoms with Crippen molar-refractivity contribution >= 4 is 22.7 Å². The van der Waals surface area contributed by atoms with Crippen LogP contribution in [0.15, 0.2) is 51.9 Å². The molecule has 0 aliphatic carbocycles. The second-order valence-electron chi connectivity index (χ2n) is 4.06. The van der Waals surface area contributed by atoms with Gasteiger partial charge in [0.15, 0.2) is 5.58 Å². The van der Waals surface area contributed by atoms with E-state index in [0.717, 1.165) is 23.1 Å². The maximum atomic E-state index is 5.28. The number of benzene rings is 2. The Morgan fingerprint density at radius 3 is 2.83 bits per heavy atom. The number of hydrogen-bond acceptors (Lipinski definition) is 3. The molecule has 3 rings (SSSR count). The molecule has 2 aromatic carbocycles. The zero-order valence-electron chi connectivity index (χ0n) is 10.0. The fraction of sp³-hybridized carbons (Fsp3) is 0.133. The molecule has 1 aromatic heterocycles. The zero-order chi connectivity index (χ0) is 12.4. The highest BCUT2D eigenvalue weighted by Gasteiger charge is 2.08. The average molecular weight is 254 g/mol. The predicted molar refractivity (Wildman–Crippen MR) is 73.9 cm³/mol. The number of fused-ring (bicyclic) bond motifs is 1. The van der Waals surface area contributed by atoms with Crippen LogP contribution in [0.3, 0.4) is 0 Å². The Kier molecular flexibility index (Phi) is 3.07. The van der Waals surface area contributed by atoms with Gasteiger partial charge in [0.2, 0.25) is 0 Å². The fourth-order valence-electron chi connectivity index (χ4n) is 1.93. The maximum Gasteiger partial charge on any atom is 0.167 e. The van der Waals surface area contributed by atoms with Crippen molar-refractivity contribution in [3.63, 3.8) is 0 Å². The van der Waals surface area contributed by atoms with Crippen LogP contribution in [-0.4, -0.2) is 11.4 Å². The standard InChI is InChI=1S/C15H12NOS/c1-18-12-8-6-11(7-9-12)10-14-13-4-2-3-5-15(13)17-16-14/h2-3,5-9H,10H2,1H3. The summed E-state index contributed by atoms with van der Waals surface area (Å²) >= 11 is 1.75. The third-order valence-corrected chi connectivity index (χ3v) is 3.63. The Balaban J connectivity index is 1.91. The monoisotopic (exact) mass is 254 g/mol. The highest BCUT2D eigenvalue weighted by molar-refractivity contribution is 7.98. The molecule has 89 valence electrons. The lowest BCUT2D eigenvalue weighted by Crippen LogP contribution is -1.88. The summed E-state index contributed by atoms with van der Waals surface area (Å²) in [4.78, 5) is 1.27. The van der Waals surface area contributed by atoms with E-state index in [1.54, 1.807) is 11.8 Å². The molecule has 3 aromatic rings. The van der Waals surface area contributed by atoms with Gasteiger partial charge in [0.05, 0.1) is 11.1 Å². The first-order chi connectivity index (χ1) is 8.86. The summed E-state index contributed by atoms with van der Waals surface area (Å²) in [6.07, 6.45) is 2.86. The summed E-state index contributed by atoms with van der Waals surface area (Å²) in [6.45, 7) is 0. The molecule has 0 N–H and O–H groups in total. The van der Waals surface area contributed by atoms with Crippen molar-refractivity contribution in [2.45, 2.75) is 11.3 Å². The molecular weight excluding hydrogens is 242 g/mol. The van der Waals surface area contributed by atoms with Crippen molar-refractivity contribution in [2.24, 2.45) is 0 Å². The van der Waals surface area contributed by atoms with Gasteiger partial charge in [0, 0.05) is 11.3 Å². The second kappa shape index (κ2) is 4.86. The first-order valence-corrected chi connectivity index (χ1v) is 6.97. The average Bonchev–Trinajstić information content (AvgIpc) is 2.83. The number of hydrogen-bond donors (Lipinski definition) is 0. The van der Waals surface area contributed by atoms with E-state index < -0.39 is 0 Å². The second-order valence-corrected chi connectivity index (χ2v) is 4.94. The quantitative estimate of drug-likeness (QED) is 0.662. The first-order valence-electron chi connectivity index (χ1n) is 5.75. The maximum absolute atomic E-state index is 5.28. The normalized spacial score (nSPS) is 10.9. The molecular formula is C15H12NOS. The lowest BCUT2D eigenvalue weighted by molar-refractivity contribution is 0.448. The van der Waals surface area contributed by atoms with Gasteiger partial charge in [-0.3, -0.25) is 0 Å². The highest BCUT2D eigenvalue weighted by atomic mass is 32.2. The van der Waals surface area contributed by atoms with Crippen molar-refractivity contribution in [1.29, 1.82) is 0 Å². The third-order valence-electron chi connectivity index (χ3n) is 2.89. The van der Waals surface area contributed by atoms with Crippen LogP contribution in [-0.2, 0) is 6.42 Å². The summed E-state index contributed by atoms with van der Waals surface area (Å²) < 4.78 is 5.28. The number of rotatable bonds is 3. The molecule has 0 unspecified atom stereocenters. The van der Waals surface area contributed by atoms with E-state index in [1.165, 1.54) is 10.5 Å². The Morgan fingerprint density at radius 1 is 1.22 bits per heavy atom. The Labute approximate surface area is 110 Å². The van der Waals surface area contributed by atoms with Crippen molar-refractivity contribution < 1.29 is 4.52 Å². The van der Waals surface area contributed by atoms with Crippen molar-refractivity contribution in [2.75, 3.05) is 6.26 Å². The van der Waals surface area contributed by atoms with E-state index in [4.69, 9.17) is 4.52 Å². The molecule has 1 heterocycles. The molecule has 0 aliphatic heterocycles. The van der Waals surface area contributed by atoms with E-state index in [2.05, 4.69) is 41.7 Å². The molecule has 1 radical (unpaired) electrons. The largest absolute Gasteiger partial charge is 0.356 e. The van der Waals surface area contributed by atoms with Crippen LogP contribution < -0.4 is 0 Å². The van der Waals surface area contributed by atoms with Gasteiger partial charge in [-0.05, 0) is 36.1 Å². The van der Waals surface area contributed by atoms with Crippen molar-refractivity contribution in [3.05, 3.63) is 59.8 Å². The third kappa shape index (κ3) is 2.14. The predicted octanol–water partition coefficient (Wildman–Crippen LogP) is 3.94. The molecule has 2 nitrogen and oxygen atoms in total. The van der Waals surface area contributed by atoms with E-state index >= 15 is 0 Å². The molecule has 0 spiro atoms. The van der Waals surface area contributed by atoms with Gasteiger partial charge in [-0.15, -0.1) is 11.8 Å². The Bertz CT molecular complexity index is 658. The number of thioether (sulfide) groups is 1. The van der Waals surface area contributed by atoms with Crippen LogP contribution in [0.25, 0.3) is 11.0 Å². The van der Waals surface area contributed by atoms with E-state index in [1.807, 2.05) is 18.2 Å². The molecule has 18 heavy (non-hydrogen) atoms. The van der Waals surface area contributed by atoms with Gasteiger partial charge in [-0.25, -0.2) is 0 Å². The molecule has 3 heteroatoms. The van der Waals surface area contributed by atoms with E-state index in [-0.39, 0.29) is 0 Å². The lowest BCUT2D eigenvalue weighted by atomic mass is 10.1.